The average Bonchev–Trinajstić information content (AvgIpc) is 3.29. The number of fused-ring (bicyclic) bond motifs is 2. The van der Waals surface area contributed by atoms with Crippen LogP contribution in [0.2, 0.25) is 0 Å². The molecule has 3 atom stereocenters. The Labute approximate surface area is 185 Å². The van der Waals surface area contributed by atoms with Gasteiger partial charge in [-0.2, -0.15) is 0 Å². The van der Waals surface area contributed by atoms with Crippen molar-refractivity contribution in [2.24, 2.45) is 16.3 Å². The van der Waals surface area contributed by atoms with E-state index in [2.05, 4.69) is 72.5 Å². The number of ether oxygens (including phenoxy) is 1. The number of aryl methyl sites for hydroxylation is 1. The molecule has 1 aromatic heterocycles. The Balaban J connectivity index is 0.00000225. The van der Waals surface area contributed by atoms with Gasteiger partial charge >= 0.3 is 0 Å². The van der Waals surface area contributed by atoms with Crippen molar-refractivity contribution in [1.29, 1.82) is 0 Å². The standard InChI is InChI=1S/C22H32N4O.HI/c1-4-23-21(25-19-17-11-15-27-20(17)22(19,2)3)24-12-7-13-26-14-10-16-8-5-6-9-18(16)26;/h5-6,8-10,14,17,19-20H,4,7,11-13,15H2,1-3H3,(H2,23,24,25);1H. The smallest absolute Gasteiger partial charge is 0.191 e. The molecule has 28 heavy (non-hydrogen) atoms. The van der Waals surface area contributed by atoms with Crippen LogP contribution >= 0.6 is 24.0 Å². The minimum Gasteiger partial charge on any atom is -0.377 e. The third kappa shape index (κ3) is 4.03. The minimum atomic E-state index is 0. The summed E-state index contributed by atoms with van der Waals surface area (Å²) < 4.78 is 8.23. The Bertz CT molecular complexity index is 816. The van der Waals surface area contributed by atoms with Gasteiger partial charge in [-0.15, -0.1) is 24.0 Å². The van der Waals surface area contributed by atoms with E-state index in [4.69, 9.17) is 9.73 Å². The highest BCUT2D eigenvalue weighted by Gasteiger charge is 2.59. The normalized spacial score (nSPS) is 25.7. The maximum Gasteiger partial charge on any atom is 0.191 e. The molecule has 0 bridgehead atoms. The van der Waals surface area contributed by atoms with Gasteiger partial charge in [-0.25, -0.2) is 0 Å². The van der Waals surface area contributed by atoms with Crippen molar-refractivity contribution in [2.75, 3.05) is 19.7 Å². The lowest BCUT2D eigenvalue weighted by Crippen LogP contribution is -2.67. The predicted molar refractivity (Wildman–Crippen MR) is 127 cm³/mol. The minimum absolute atomic E-state index is 0. The van der Waals surface area contributed by atoms with Crippen molar-refractivity contribution in [3.8, 4) is 0 Å². The third-order valence-electron chi connectivity index (χ3n) is 6.24. The molecule has 5 nitrogen and oxygen atoms in total. The Hall–Kier alpha value is -1.28. The molecule has 0 radical (unpaired) electrons. The van der Waals surface area contributed by atoms with Crippen molar-refractivity contribution in [2.45, 2.75) is 52.3 Å². The summed E-state index contributed by atoms with van der Waals surface area (Å²) in [6.45, 7) is 10.3. The summed E-state index contributed by atoms with van der Waals surface area (Å²) in [5.41, 5.74) is 1.47. The fraction of sp³-hybridized carbons (Fsp3) is 0.591. The van der Waals surface area contributed by atoms with E-state index in [1.54, 1.807) is 0 Å². The first-order chi connectivity index (χ1) is 13.1. The van der Waals surface area contributed by atoms with E-state index in [-0.39, 0.29) is 29.4 Å². The second-order valence-electron chi connectivity index (χ2n) is 8.37. The van der Waals surface area contributed by atoms with Crippen molar-refractivity contribution in [3.63, 3.8) is 0 Å². The van der Waals surface area contributed by atoms with Gasteiger partial charge in [-0.1, -0.05) is 32.0 Å². The topological polar surface area (TPSA) is 50.6 Å². The Morgan fingerprint density at radius 2 is 2.11 bits per heavy atom. The lowest BCUT2D eigenvalue weighted by atomic mass is 9.57. The summed E-state index contributed by atoms with van der Waals surface area (Å²) in [7, 11) is 0. The second-order valence-corrected chi connectivity index (χ2v) is 8.37. The van der Waals surface area contributed by atoms with Gasteiger partial charge in [0.1, 0.15) is 0 Å². The quantitative estimate of drug-likeness (QED) is 0.275. The lowest BCUT2D eigenvalue weighted by Gasteiger charge is -2.54. The van der Waals surface area contributed by atoms with Gasteiger partial charge in [0.05, 0.1) is 6.10 Å². The zero-order chi connectivity index (χ0) is 18.9. The third-order valence-corrected chi connectivity index (χ3v) is 6.24. The highest BCUT2D eigenvalue weighted by Crippen LogP contribution is 2.52. The van der Waals surface area contributed by atoms with Crippen molar-refractivity contribution >= 4 is 40.8 Å². The van der Waals surface area contributed by atoms with Crippen molar-refractivity contribution in [3.05, 3.63) is 36.5 Å². The maximum atomic E-state index is 5.91. The fourth-order valence-electron chi connectivity index (χ4n) is 4.85. The Morgan fingerprint density at radius 1 is 1.29 bits per heavy atom. The maximum absolute atomic E-state index is 5.91. The molecule has 2 fully saturated rings. The first kappa shape index (κ1) is 21.4. The van der Waals surface area contributed by atoms with Gasteiger partial charge in [0.25, 0.3) is 0 Å². The van der Waals surface area contributed by atoms with Crippen molar-refractivity contribution < 1.29 is 4.74 Å². The van der Waals surface area contributed by atoms with Crippen LogP contribution < -0.4 is 10.6 Å². The molecule has 0 spiro atoms. The number of halogens is 1. The zero-order valence-electron chi connectivity index (χ0n) is 17.1. The summed E-state index contributed by atoms with van der Waals surface area (Å²) in [5, 5.41) is 8.41. The summed E-state index contributed by atoms with van der Waals surface area (Å²) in [6, 6.07) is 11.2. The SMILES string of the molecule is CCNC(=NCCCn1ccc2ccccc21)NC1C2CCOC2C1(C)C.I. The molecule has 1 aliphatic heterocycles. The van der Waals surface area contributed by atoms with Gasteiger partial charge in [0, 0.05) is 55.3 Å². The van der Waals surface area contributed by atoms with Crippen LogP contribution in [-0.4, -0.2) is 42.4 Å². The number of para-hydroxylation sites is 1. The summed E-state index contributed by atoms with van der Waals surface area (Å²) >= 11 is 0. The number of nitrogens with zero attached hydrogens (tertiary/aromatic N) is 2. The number of benzene rings is 1. The molecule has 154 valence electrons. The molecule has 1 aromatic carbocycles. The zero-order valence-corrected chi connectivity index (χ0v) is 19.5. The molecular formula is C22H33IN4O. The first-order valence-corrected chi connectivity index (χ1v) is 10.3. The molecule has 1 saturated carbocycles. The number of hydrogen-bond donors (Lipinski definition) is 2. The molecule has 4 rings (SSSR count). The van der Waals surface area contributed by atoms with E-state index in [9.17, 15) is 0 Å². The molecule has 3 unspecified atom stereocenters. The average molecular weight is 496 g/mol. The van der Waals surface area contributed by atoms with Gasteiger partial charge in [0.15, 0.2) is 5.96 Å². The van der Waals surface area contributed by atoms with Crippen LogP contribution in [0.3, 0.4) is 0 Å². The van der Waals surface area contributed by atoms with E-state index in [1.807, 2.05) is 0 Å². The summed E-state index contributed by atoms with van der Waals surface area (Å²) in [5.74, 6) is 1.56. The molecule has 1 saturated heterocycles. The molecule has 1 aliphatic carbocycles. The number of nitrogens with one attached hydrogen (secondary N) is 2. The van der Waals surface area contributed by atoms with E-state index < -0.39 is 0 Å². The number of aliphatic imine (C=N–C) groups is 1. The molecule has 2 N–H and O–H groups in total. The predicted octanol–water partition coefficient (Wildman–Crippen LogP) is 4.02. The monoisotopic (exact) mass is 496 g/mol. The molecule has 2 heterocycles. The number of hydrogen-bond acceptors (Lipinski definition) is 2. The summed E-state index contributed by atoms with van der Waals surface area (Å²) in [4.78, 5) is 4.83. The van der Waals surface area contributed by atoms with Crippen LogP contribution in [0.4, 0.5) is 0 Å². The lowest BCUT2D eigenvalue weighted by molar-refractivity contribution is -0.106. The Morgan fingerprint density at radius 3 is 2.93 bits per heavy atom. The molecule has 2 aliphatic rings. The van der Waals surface area contributed by atoms with E-state index in [1.165, 1.54) is 10.9 Å². The molecule has 6 heteroatoms. The number of rotatable bonds is 6. The molecule has 2 aromatic rings. The first-order valence-electron chi connectivity index (χ1n) is 10.3. The number of guanidine groups is 1. The molecular weight excluding hydrogens is 463 g/mol. The Kier molecular flexibility index (Phi) is 6.91. The molecule has 0 amide bonds. The highest BCUT2D eigenvalue weighted by molar-refractivity contribution is 14.0. The fourth-order valence-corrected chi connectivity index (χ4v) is 4.85. The van der Waals surface area contributed by atoms with Gasteiger partial charge in [0.2, 0.25) is 0 Å². The van der Waals surface area contributed by atoms with Crippen LogP contribution in [0.1, 0.15) is 33.6 Å². The van der Waals surface area contributed by atoms with Crippen LogP contribution in [0.25, 0.3) is 10.9 Å². The van der Waals surface area contributed by atoms with Crippen molar-refractivity contribution in [1.82, 2.24) is 15.2 Å². The number of aromatic nitrogens is 1. The van der Waals surface area contributed by atoms with Gasteiger partial charge in [-0.3, -0.25) is 4.99 Å². The van der Waals surface area contributed by atoms with E-state index in [0.717, 1.165) is 45.0 Å². The van der Waals surface area contributed by atoms with Crippen LogP contribution in [0, 0.1) is 11.3 Å². The van der Waals surface area contributed by atoms with Crippen LogP contribution in [0.15, 0.2) is 41.5 Å². The largest absolute Gasteiger partial charge is 0.377 e. The van der Waals surface area contributed by atoms with Gasteiger partial charge in [-0.05, 0) is 37.3 Å². The van der Waals surface area contributed by atoms with E-state index in [0.29, 0.717) is 18.1 Å². The van der Waals surface area contributed by atoms with Gasteiger partial charge < -0.3 is 19.9 Å². The summed E-state index contributed by atoms with van der Waals surface area (Å²) in [6.07, 6.45) is 4.76. The second kappa shape index (κ2) is 9.03. The van der Waals surface area contributed by atoms with Crippen LogP contribution in [0.5, 0.6) is 0 Å². The van der Waals surface area contributed by atoms with Crippen LogP contribution in [-0.2, 0) is 11.3 Å². The van der Waals surface area contributed by atoms with E-state index >= 15 is 0 Å². The highest BCUT2D eigenvalue weighted by atomic mass is 127.